The van der Waals surface area contributed by atoms with Gasteiger partial charge in [-0.2, -0.15) is 0 Å². The van der Waals surface area contributed by atoms with Crippen molar-refractivity contribution in [2.75, 3.05) is 10.6 Å². The van der Waals surface area contributed by atoms with Gasteiger partial charge in [-0.1, -0.05) is 36.4 Å². The van der Waals surface area contributed by atoms with Crippen molar-refractivity contribution in [3.05, 3.63) is 118 Å². The number of anilines is 4. The van der Waals surface area contributed by atoms with Gasteiger partial charge in [-0.15, -0.1) is 0 Å². The van der Waals surface area contributed by atoms with Crippen LogP contribution in [0.15, 0.2) is 84.9 Å². The molecule has 0 fully saturated rings. The molecule has 0 spiro atoms. The highest BCUT2D eigenvalue weighted by atomic mass is 16.1. The zero-order valence-electron chi connectivity index (χ0n) is 19.0. The minimum absolute atomic E-state index is 0.0160. The van der Waals surface area contributed by atoms with E-state index in [2.05, 4.69) is 74.7 Å². The standard InChI is InChI=1S/C29H28N2O/c1-19-7-5-8-20(2)27(19)30-25-15-11-23(12-16-25)29(32)24-13-17-26(18-14-24)31-28-21(3)9-6-10-22(28)4/h5-18,30-31H,1-4H3. The fourth-order valence-corrected chi connectivity index (χ4v) is 3.89. The van der Waals surface area contributed by atoms with Crippen molar-refractivity contribution in [1.29, 1.82) is 0 Å². The average molecular weight is 421 g/mol. The van der Waals surface area contributed by atoms with Gasteiger partial charge in [0.2, 0.25) is 0 Å². The largest absolute Gasteiger partial charge is 0.355 e. The first-order valence-corrected chi connectivity index (χ1v) is 10.8. The van der Waals surface area contributed by atoms with E-state index in [1.807, 2.05) is 48.5 Å². The smallest absolute Gasteiger partial charge is 0.193 e. The first-order chi connectivity index (χ1) is 15.4. The number of rotatable bonds is 6. The Morgan fingerprint density at radius 3 is 1.12 bits per heavy atom. The molecule has 3 nitrogen and oxygen atoms in total. The zero-order valence-corrected chi connectivity index (χ0v) is 19.0. The van der Waals surface area contributed by atoms with Crippen LogP contribution in [0, 0.1) is 27.7 Å². The molecule has 4 aromatic carbocycles. The van der Waals surface area contributed by atoms with E-state index in [1.54, 1.807) is 0 Å². The van der Waals surface area contributed by atoms with Crippen LogP contribution < -0.4 is 10.6 Å². The molecular weight excluding hydrogens is 392 g/mol. The third-order valence-corrected chi connectivity index (χ3v) is 5.80. The van der Waals surface area contributed by atoms with Gasteiger partial charge in [0, 0.05) is 33.9 Å². The molecule has 3 heteroatoms. The zero-order chi connectivity index (χ0) is 22.7. The number of carbonyl (C=O) groups excluding carboxylic acids is 1. The molecule has 0 aliphatic heterocycles. The van der Waals surface area contributed by atoms with E-state index in [4.69, 9.17) is 0 Å². The van der Waals surface area contributed by atoms with Gasteiger partial charge in [0.15, 0.2) is 5.78 Å². The van der Waals surface area contributed by atoms with Gasteiger partial charge in [0.1, 0.15) is 0 Å². The van der Waals surface area contributed by atoms with Crippen LogP contribution in [0.1, 0.15) is 38.2 Å². The van der Waals surface area contributed by atoms with E-state index in [9.17, 15) is 4.79 Å². The van der Waals surface area contributed by atoms with Crippen molar-refractivity contribution in [2.24, 2.45) is 0 Å². The quantitative estimate of drug-likeness (QED) is 0.315. The molecule has 0 aliphatic carbocycles. The molecule has 0 saturated carbocycles. The Morgan fingerprint density at radius 2 is 0.812 bits per heavy atom. The van der Waals surface area contributed by atoms with Gasteiger partial charge in [-0.3, -0.25) is 4.79 Å². The molecule has 0 bridgehead atoms. The van der Waals surface area contributed by atoms with E-state index in [0.29, 0.717) is 11.1 Å². The summed E-state index contributed by atoms with van der Waals surface area (Å²) in [7, 11) is 0. The maximum absolute atomic E-state index is 13.0. The molecule has 4 rings (SSSR count). The van der Waals surface area contributed by atoms with Crippen LogP contribution in [0.5, 0.6) is 0 Å². The van der Waals surface area contributed by atoms with Crippen LogP contribution >= 0.6 is 0 Å². The van der Waals surface area contributed by atoms with Crippen molar-refractivity contribution in [3.8, 4) is 0 Å². The molecule has 0 aromatic heterocycles. The number of nitrogens with one attached hydrogen (secondary N) is 2. The van der Waals surface area contributed by atoms with Crippen LogP contribution in [0.3, 0.4) is 0 Å². The molecule has 0 radical (unpaired) electrons. The molecule has 4 aromatic rings. The Kier molecular flexibility index (Phi) is 6.09. The van der Waals surface area contributed by atoms with Gasteiger partial charge < -0.3 is 10.6 Å². The Labute approximate surface area is 190 Å². The van der Waals surface area contributed by atoms with Crippen molar-refractivity contribution in [3.63, 3.8) is 0 Å². The minimum Gasteiger partial charge on any atom is -0.355 e. The van der Waals surface area contributed by atoms with Crippen molar-refractivity contribution < 1.29 is 4.79 Å². The number of ketones is 1. The number of hydrogen-bond acceptors (Lipinski definition) is 3. The maximum atomic E-state index is 13.0. The molecule has 0 aliphatic rings. The molecule has 160 valence electrons. The SMILES string of the molecule is Cc1cccc(C)c1Nc1ccc(C(=O)c2ccc(Nc3c(C)cccc3C)cc2)cc1. The molecule has 0 amide bonds. The Bertz CT molecular complexity index is 1120. The topological polar surface area (TPSA) is 41.1 Å². The highest BCUT2D eigenvalue weighted by Gasteiger charge is 2.10. The Balaban J connectivity index is 1.47. The summed E-state index contributed by atoms with van der Waals surface area (Å²) in [6, 6.07) is 27.8. The second-order valence-corrected chi connectivity index (χ2v) is 8.27. The molecule has 0 saturated heterocycles. The predicted molar refractivity (Wildman–Crippen MR) is 135 cm³/mol. The summed E-state index contributed by atoms with van der Waals surface area (Å²) < 4.78 is 0. The second-order valence-electron chi connectivity index (χ2n) is 8.27. The van der Waals surface area contributed by atoms with Crippen LogP contribution in [-0.2, 0) is 0 Å². The molecule has 0 heterocycles. The van der Waals surface area contributed by atoms with Crippen LogP contribution in [0.25, 0.3) is 0 Å². The lowest BCUT2D eigenvalue weighted by Crippen LogP contribution is -2.02. The summed E-state index contributed by atoms with van der Waals surface area (Å²) in [6.45, 7) is 8.36. The molecule has 0 unspecified atom stereocenters. The van der Waals surface area contributed by atoms with Crippen LogP contribution in [-0.4, -0.2) is 5.78 Å². The fourth-order valence-electron chi connectivity index (χ4n) is 3.89. The lowest BCUT2D eigenvalue weighted by molar-refractivity contribution is 0.103. The number of hydrogen-bond donors (Lipinski definition) is 2. The Morgan fingerprint density at radius 1 is 0.500 bits per heavy atom. The van der Waals surface area contributed by atoms with E-state index in [1.165, 1.54) is 22.3 Å². The predicted octanol–water partition coefficient (Wildman–Crippen LogP) is 7.64. The van der Waals surface area contributed by atoms with Crippen LogP contribution in [0.4, 0.5) is 22.7 Å². The normalized spacial score (nSPS) is 10.6. The average Bonchev–Trinajstić information content (AvgIpc) is 2.79. The van der Waals surface area contributed by atoms with Gasteiger partial charge in [-0.05, 0) is 98.5 Å². The van der Waals surface area contributed by atoms with E-state index >= 15 is 0 Å². The van der Waals surface area contributed by atoms with E-state index in [0.717, 1.165) is 22.7 Å². The number of para-hydroxylation sites is 2. The van der Waals surface area contributed by atoms with Crippen molar-refractivity contribution in [1.82, 2.24) is 0 Å². The minimum atomic E-state index is 0.0160. The Hall–Kier alpha value is -3.85. The third-order valence-electron chi connectivity index (χ3n) is 5.80. The van der Waals surface area contributed by atoms with Gasteiger partial charge in [0.25, 0.3) is 0 Å². The summed E-state index contributed by atoms with van der Waals surface area (Å²) in [6.07, 6.45) is 0. The fraction of sp³-hybridized carbons (Fsp3) is 0.138. The van der Waals surface area contributed by atoms with E-state index in [-0.39, 0.29) is 5.78 Å². The number of carbonyl (C=O) groups is 1. The van der Waals surface area contributed by atoms with Crippen LogP contribution in [0.2, 0.25) is 0 Å². The summed E-state index contributed by atoms with van der Waals surface area (Å²) in [4.78, 5) is 13.0. The maximum Gasteiger partial charge on any atom is 0.193 e. The van der Waals surface area contributed by atoms with Crippen molar-refractivity contribution >= 4 is 28.5 Å². The monoisotopic (exact) mass is 420 g/mol. The second kappa shape index (κ2) is 9.11. The number of aryl methyl sites for hydroxylation is 4. The summed E-state index contributed by atoms with van der Waals surface area (Å²) in [5.74, 6) is 0.0160. The molecule has 0 atom stereocenters. The van der Waals surface area contributed by atoms with Crippen molar-refractivity contribution in [2.45, 2.75) is 27.7 Å². The first-order valence-electron chi connectivity index (χ1n) is 10.8. The molecular formula is C29H28N2O. The van der Waals surface area contributed by atoms with Gasteiger partial charge in [0.05, 0.1) is 0 Å². The lowest BCUT2D eigenvalue weighted by Gasteiger charge is -2.13. The molecule has 32 heavy (non-hydrogen) atoms. The highest BCUT2D eigenvalue weighted by Crippen LogP contribution is 2.26. The molecule has 2 N–H and O–H groups in total. The first kappa shape index (κ1) is 21.4. The summed E-state index contributed by atoms with van der Waals surface area (Å²) >= 11 is 0. The summed E-state index contributed by atoms with van der Waals surface area (Å²) in [5.41, 5.74) is 10.3. The highest BCUT2D eigenvalue weighted by molar-refractivity contribution is 6.09. The van der Waals surface area contributed by atoms with E-state index < -0.39 is 0 Å². The van der Waals surface area contributed by atoms with Gasteiger partial charge in [-0.25, -0.2) is 0 Å². The number of benzene rings is 4. The van der Waals surface area contributed by atoms with Gasteiger partial charge >= 0.3 is 0 Å². The summed E-state index contributed by atoms with van der Waals surface area (Å²) in [5, 5.41) is 6.93. The lowest BCUT2D eigenvalue weighted by atomic mass is 10.0. The third kappa shape index (κ3) is 4.57.